The molecule has 0 aromatic heterocycles. The Hall–Kier alpha value is -1.72. The number of hydrogen-bond acceptors (Lipinski definition) is 4. The monoisotopic (exact) mass is 202 g/mol. The van der Waals surface area contributed by atoms with E-state index in [1.807, 2.05) is 0 Å². The Labute approximate surface area is 79.5 Å². The van der Waals surface area contributed by atoms with Crippen molar-refractivity contribution in [2.75, 3.05) is 0 Å². The fourth-order valence-corrected chi connectivity index (χ4v) is 1.04. The van der Waals surface area contributed by atoms with Gasteiger partial charge in [-0.05, 0) is 0 Å². The summed E-state index contributed by atoms with van der Waals surface area (Å²) in [6.07, 6.45) is -0.229. The highest BCUT2D eigenvalue weighted by Crippen LogP contribution is 2.17. The van der Waals surface area contributed by atoms with Gasteiger partial charge < -0.3 is 19.8 Å². The van der Waals surface area contributed by atoms with Crippen molar-refractivity contribution in [1.29, 1.82) is 0 Å². The Bertz CT molecular complexity index is 246. The van der Waals surface area contributed by atoms with Crippen LogP contribution in [0.3, 0.4) is 0 Å². The Kier molecular flexibility index (Phi) is 5.13. The maximum Gasteiger partial charge on any atom is 0.307 e. The molecule has 0 spiro atoms. The van der Waals surface area contributed by atoms with Crippen molar-refractivity contribution < 1.29 is 29.4 Å². The van der Waals surface area contributed by atoms with Gasteiger partial charge in [-0.1, -0.05) is 0 Å². The smallest absolute Gasteiger partial charge is 0.307 e. The van der Waals surface area contributed by atoms with Crippen molar-refractivity contribution in [2.24, 2.45) is 11.8 Å². The molecule has 2 atom stereocenters. The van der Waals surface area contributed by atoms with Gasteiger partial charge in [-0.15, -0.1) is 0 Å². The summed E-state index contributed by atoms with van der Waals surface area (Å²) >= 11 is 0. The van der Waals surface area contributed by atoms with Crippen LogP contribution in [-0.4, -0.2) is 34.7 Å². The highest BCUT2D eigenvalue weighted by Gasteiger charge is 2.29. The third kappa shape index (κ3) is 3.79. The Morgan fingerprint density at radius 1 is 1.21 bits per heavy atom. The van der Waals surface area contributed by atoms with E-state index in [0.717, 1.165) is 0 Å². The fourth-order valence-electron chi connectivity index (χ4n) is 1.04. The molecule has 0 saturated heterocycles. The zero-order valence-corrected chi connectivity index (χ0v) is 7.25. The first kappa shape index (κ1) is 12.3. The summed E-state index contributed by atoms with van der Waals surface area (Å²) in [5, 5.41) is 17.0. The van der Waals surface area contributed by atoms with Crippen molar-refractivity contribution in [3.05, 3.63) is 0 Å². The van der Waals surface area contributed by atoms with E-state index in [-0.39, 0.29) is 6.42 Å². The molecule has 0 saturated carbocycles. The van der Waals surface area contributed by atoms with Gasteiger partial charge in [0.25, 0.3) is 0 Å². The average Bonchev–Trinajstić information content (AvgIpc) is 2.10. The lowest BCUT2D eigenvalue weighted by molar-refractivity contribution is -0.151. The van der Waals surface area contributed by atoms with Gasteiger partial charge in [-0.3, -0.25) is 9.59 Å². The molecular weight excluding hydrogens is 192 g/mol. The number of hydrogen-bond donors (Lipinski definition) is 2. The first-order valence-electron chi connectivity index (χ1n) is 3.86. The summed E-state index contributed by atoms with van der Waals surface area (Å²) < 4.78 is 0. The van der Waals surface area contributed by atoms with E-state index in [9.17, 15) is 19.2 Å². The van der Waals surface area contributed by atoms with Crippen LogP contribution < -0.4 is 0 Å². The molecule has 0 amide bonds. The molecule has 6 nitrogen and oxygen atoms in total. The van der Waals surface area contributed by atoms with Crippen molar-refractivity contribution in [3.8, 4) is 0 Å². The Morgan fingerprint density at radius 2 is 1.79 bits per heavy atom. The molecule has 2 unspecified atom stereocenters. The van der Waals surface area contributed by atoms with Crippen LogP contribution in [-0.2, 0) is 19.2 Å². The van der Waals surface area contributed by atoms with Crippen molar-refractivity contribution >= 4 is 24.5 Å². The summed E-state index contributed by atoms with van der Waals surface area (Å²) in [6.45, 7) is 0. The molecule has 14 heavy (non-hydrogen) atoms. The summed E-state index contributed by atoms with van der Waals surface area (Å²) in [4.78, 5) is 41.3. The van der Waals surface area contributed by atoms with E-state index in [2.05, 4.69) is 0 Å². The SMILES string of the molecule is O=CCC(C=O)C(CC(=O)O)C(=O)O. The van der Waals surface area contributed by atoms with Crippen molar-refractivity contribution in [3.63, 3.8) is 0 Å². The highest BCUT2D eigenvalue weighted by atomic mass is 16.4. The third-order valence-corrected chi connectivity index (χ3v) is 1.77. The van der Waals surface area contributed by atoms with E-state index in [1.165, 1.54) is 0 Å². The van der Waals surface area contributed by atoms with Crippen LogP contribution in [0.25, 0.3) is 0 Å². The molecule has 0 aromatic carbocycles. The second-order valence-corrected chi connectivity index (χ2v) is 2.74. The highest BCUT2D eigenvalue weighted by molar-refractivity contribution is 5.81. The Balaban J connectivity index is 4.58. The number of rotatable bonds is 7. The minimum absolute atomic E-state index is 0.270. The van der Waals surface area contributed by atoms with Gasteiger partial charge in [0.1, 0.15) is 12.6 Å². The topological polar surface area (TPSA) is 109 Å². The summed E-state index contributed by atoms with van der Waals surface area (Å²) in [5.74, 6) is -5.10. The lowest BCUT2D eigenvalue weighted by Gasteiger charge is -2.14. The van der Waals surface area contributed by atoms with Crippen LogP contribution in [0, 0.1) is 11.8 Å². The molecule has 2 N–H and O–H groups in total. The van der Waals surface area contributed by atoms with Crippen LogP contribution in [0.1, 0.15) is 12.8 Å². The number of carbonyl (C=O) groups is 4. The van der Waals surface area contributed by atoms with Gasteiger partial charge in [-0.25, -0.2) is 0 Å². The van der Waals surface area contributed by atoms with Crippen molar-refractivity contribution in [2.45, 2.75) is 12.8 Å². The summed E-state index contributed by atoms with van der Waals surface area (Å²) in [6, 6.07) is 0. The average molecular weight is 202 g/mol. The molecule has 0 aromatic rings. The van der Waals surface area contributed by atoms with Crippen LogP contribution >= 0.6 is 0 Å². The van der Waals surface area contributed by atoms with Gasteiger partial charge in [0.15, 0.2) is 0 Å². The minimum Gasteiger partial charge on any atom is -0.481 e. The first-order valence-corrected chi connectivity index (χ1v) is 3.86. The molecule has 0 heterocycles. The van der Waals surface area contributed by atoms with Crippen molar-refractivity contribution in [1.82, 2.24) is 0 Å². The molecular formula is C8H10O6. The fraction of sp³-hybridized carbons (Fsp3) is 0.500. The zero-order chi connectivity index (χ0) is 11.1. The maximum atomic E-state index is 10.6. The zero-order valence-electron chi connectivity index (χ0n) is 7.25. The number of carboxylic acid groups (broad SMARTS) is 2. The molecule has 0 bridgehead atoms. The van der Waals surface area contributed by atoms with Crippen LogP contribution in [0.4, 0.5) is 0 Å². The maximum absolute atomic E-state index is 10.6. The molecule has 6 heteroatoms. The van der Waals surface area contributed by atoms with Crippen LogP contribution in [0.2, 0.25) is 0 Å². The lowest BCUT2D eigenvalue weighted by Crippen LogP contribution is -2.27. The second kappa shape index (κ2) is 5.85. The molecule has 0 aliphatic rings. The standard InChI is InChI=1S/C8H10O6/c9-2-1-5(4-10)6(8(13)14)3-7(11)12/h2,4-6H,1,3H2,(H,11,12)(H,13,14). The number of aldehydes is 2. The number of carboxylic acids is 2. The van der Waals surface area contributed by atoms with E-state index in [4.69, 9.17) is 10.2 Å². The van der Waals surface area contributed by atoms with Gasteiger partial charge >= 0.3 is 11.9 Å². The van der Waals surface area contributed by atoms with Gasteiger partial charge in [0.05, 0.1) is 12.3 Å². The van der Waals surface area contributed by atoms with Gasteiger partial charge in [0.2, 0.25) is 0 Å². The molecule has 0 fully saturated rings. The largest absolute Gasteiger partial charge is 0.481 e. The Morgan fingerprint density at radius 3 is 2.07 bits per heavy atom. The molecule has 0 aliphatic carbocycles. The number of aliphatic carboxylic acids is 2. The predicted octanol–water partition coefficient (Wildman–Crippen LogP) is -0.434. The normalized spacial score (nSPS) is 14.0. The van der Waals surface area contributed by atoms with Crippen LogP contribution in [0.15, 0.2) is 0 Å². The van der Waals surface area contributed by atoms with E-state index in [0.29, 0.717) is 12.6 Å². The molecule has 0 radical (unpaired) electrons. The number of carbonyl (C=O) groups excluding carboxylic acids is 2. The van der Waals surface area contributed by atoms with Gasteiger partial charge in [0, 0.05) is 12.3 Å². The van der Waals surface area contributed by atoms with E-state index in [1.54, 1.807) is 0 Å². The summed E-state index contributed by atoms with van der Waals surface area (Å²) in [7, 11) is 0. The van der Waals surface area contributed by atoms with Gasteiger partial charge in [-0.2, -0.15) is 0 Å². The quantitative estimate of drug-likeness (QED) is 0.542. The second-order valence-electron chi connectivity index (χ2n) is 2.74. The minimum atomic E-state index is -1.38. The van der Waals surface area contributed by atoms with E-state index >= 15 is 0 Å². The molecule has 0 rings (SSSR count). The third-order valence-electron chi connectivity index (χ3n) is 1.77. The summed E-state index contributed by atoms with van der Waals surface area (Å²) in [5.41, 5.74) is 0. The van der Waals surface area contributed by atoms with E-state index < -0.39 is 30.2 Å². The lowest BCUT2D eigenvalue weighted by atomic mass is 9.88. The predicted molar refractivity (Wildman–Crippen MR) is 43.6 cm³/mol. The van der Waals surface area contributed by atoms with Crippen LogP contribution in [0.5, 0.6) is 0 Å². The first-order chi connectivity index (χ1) is 6.52. The molecule has 78 valence electrons. The molecule has 0 aliphatic heterocycles.